The largest absolute Gasteiger partial charge is 0.456 e. The van der Waals surface area contributed by atoms with Crippen molar-refractivity contribution in [3.05, 3.63) is 127 Å². The Balaban J connectivity index is 1.33. The van der Waals surface area contributed by atoms with Gasteiger partial charge in [-0.25, -0.2) is 9.97 Å². The van der Waals surface area contributed by atoms with Gasteiger partial charge in [-0.2, -0.15) is 0 Å². The Morgan fingerprint density at radius 2 is 1.14 bits per heavy atom. The van der Waals surface area contributed by atoms with Crippen LogP contribution in [0.1, 0.15) is 0 Å². The topological polar surface area (TPSA) is 43.3 Å². The van der Waals surface area contributed by atoms with Crippen LogP contribution in [0.4, 0.5) is 0 Å². The van der Waals surface area contributed by atoms with Gasteiger partial charge in [-0.15, -0.1) is 0 Å². The van der Waals surface area contributed by atoms with Crippen LogP contribution in [0.25, 0.3) is 93.6 Å². The number of nitrogens with zero attached hydrogens (tertiary/aromatic N) is 3. The van der Waals surface area contributed by atoms with Crippen LogP contribution in [0.3, 0.4) is 0 Å². The number of aromatic nitrogens is 3. The normalized spacial score (nSPS) is 12.3. The molecule has 0 radical (unpaired) electrons. The van der Waals surface area contributed by atoms with E-state index >= 15 is 0 Å². The third kappa shape index (κ3) is 2.90. The van der Waals surface area contributed by atoms with Gasteiger partial charge in [0.05, 0.1) is 22.1 Å². The minimum atomic E-state index is 0.891. The first-order valence-electron chi connectivity index (χ1n) is 14.2. The summed E-state index contributed by atoms with van der Waals surface area (Å²) in [6.07, 6.45) is 0. The summed E-state index contributed by atoms with van der Waals surface area (Å²) in [5.41, 5.74) is 12.4. The van der Waals surface area contributed by atoms with Crippen LogP contribution in [0.2, 0.25) is 0 Å². The number of rotatable bonds is 2. The van der Waals surface area contributed by atoms with E-state index in [0.717, 1.165) is 66.2 Å². The van der Waals surface area contributed by atoms with Gasteiger partial charge in [0.25, 0.3) is 0 Å². The van der Waals surface area contributed by atoms with Crippen molar-refractivity contribution in [2.45, 2.75) is 0 Å². The number of fused-ring (bicyclic) bond motifs is 10. The molecule has 0 saturated carbocycles. The monoisotopic (exact) mass is 535 g/mol. The van der Waals surface area contributed by atoms with E-state index in [1.165, 1.54) is 27.4 Å². The molecule has 0 bridgehead atoms. The number of para-hydroxylation sites is 3. The molecule has 0 amide bonds. The quantitative estimate of drug-likeness (QED) is 0.221. The molecule has 4 heterocycles. The molecule has 0 aliphatic rings. The lowest BCUT2D eigenvalue weighted by molar-refractivity contribution is 0.669. The van der Waals surface area contributed by atoms with Gasteiger partial charge in [-0.1, -0.05) is 78.9 Å². The smallest absolute Gasteiger partial charge is 0.165 e. The lowest BCUT2D eigenvalue weighted by Gasteiger charge is -2.05. The molecule has 4 nitrogen and oxygen atoms in total. The second-order valence-electron chi connectivity index (χ2n) is 11.0. The average Bonchev–Trinajstić information content (AvgIpc) is 3.69. The first-order chi connectivity index (χ1) is 20.8. The van der Waals surface area contributed by atoms with E-state index < -0.39 is 0 Å². The van der Waals surface area contributed by atoms with E-state index in [1.807, 2.05) is 36.4 Å². The van der Waals surface area contributed by atoms with Crippen LogP contribution in [-0.4, -0.2) is 14.4 Å². The van der Waals surface area contributed by atoms with Gasteiger partial charge in [-0.3, -0.25) is 4.40 Å². The van der Waals surface area contributed by atoms with Crippen molar-refractivity contribution in [1.82, 2.24) is 14.4 Å². The molecule has 0 unspecified atom stereocenters. The number of furan rings is 1. The standard InChI is InChI=1S/C38H21N3O/c1-2-8-22(9-3-1)24-14-16-26-29-19-25(23-15-17-35-28(18-23)27-10-4-7-13-34(27)42-35)20-30-36-38(41(37(29)30)33(26)21-24)40-32-12-6-5-11-31(32)39-36/h1-21H. The van der Waals surface area contributed by atoms with Crippen LogP contribution < -0.4 is 0 Å². The Hall–Kier alpha value is -5.74. The molecule has 42 heavy (non-hydrogen) atoms. The van der Waals surface area contributed by atoms with Crippen LogP contribution in [0.5, 0.6) is 0 Å². The molecule has 0 aliphatic heterocycles. The Kier molecular flexibility index (Phi) is 4.15. The van der Waals surface area contributed by atoms with E-state index in [4.69, 9.17) is 14.4 Å². The summed E-state index contributed by atoms with van der Waals surface area (Å²) in [4.78, 5) is 10.4. The minimum absolute atomic E-state index is 0.891. The summed E-state index contributed by atoms with van der Waals surface area (Å²) in [5.74, 6) is 0. The summed E-state index contributed by atoms with van der Waals surface area (Å²) in [5, 5.41) is 5.79. The molecule has 0 saturated heterocycles. The highest BCUT2D eigenvalue weighted by molar-refractivity contribution is 6.24. The molecule has 10 rings (SSSR count). The molecule has 194 valence electrons. The summed E-state index contributed by atoms with van der Waals surface area (Å²) < 4.78 is 8.44. The van der Waals surface area contributed by atoms with Crippen molar-refractivity contribution in [3.8, 4) is 22.3 Å². The molecule has 0 N–H and O–H groups in total. The Bertz CT molecular complexity index is 2680. The molecule has 6 aromatic carbocycles. The van der Waals surface area contributed by atoms with Crippen LogP contribution in [0.15, 0.2) is 132 Å². The summed E-state index contributed by atoms with van der Waals surface area (Å²) in [6.45, 7) is 0. The van der Waals surface area contributed by atoms with Crippen molar-refractivity contribution < 1.29 is 4.42 Å². The number of hydrogen-bond donors (Lipinski definition) is 0. The zero-order valence-electron chi connectivity index (χ0n) is 22.4. The Morgan fingerprint density at radius 1 is 0.452 bits per heavy atom. The van der Waals surface area contributed by atoms with E-state index in [2.05, 4.69) is 95.4 Å². The molecule has 0 spiro atoms. The van der Waals surface area contributed by atoms with Crippen LogP contribution in [-0.2, 0) is 0 Å². The van der Waals surface area contributed by atoms with Gasteiger partial charge in [-0.05, 0) is 70.8 Å². The maximum atomic E-state index is 6.13. The van der Waals surface area contributed by atoms with E-state index in [0.29, 0.717) is 0 Å². The lowest BCUT2D eigenvalue weighted by Crippen LogP contribution is -1.89. The highest BCUT2D eigenvalue weighted by atomic mass is 16.3. The number of benzene rings is 6. The molecule has 0 aliphatic carbocycles. The van der Waals surface area contributed by atoms with Crippen molar-refractivity contribution in [3.63, 3.8) is 0 Å². The molecular formula is C38H21N3O. The fraction of sp³-hybridized carbons (Fsp3) is 0. The van der Waals surface area contributed by atoms with Crippen molar-refractivity contribution in [2.24, 2.45) is 0 Å². The third-order valence-corrected chi connectivity index (χ3v) is 8.70. The van der Waals surface area contributed by atoms with Gasteiger partial charge < -0.3 is 4.42 Å². The summed E-state index contributed by atoms with van der Waals surface area (Å²) in [6, 6.07) is 44.8. The fourth-order valence-corrected chi connectivity index (χ4v) is 6.76. The second kappa shape index (κ2) is 7.93. The molecule has 0 fully saturated rings. The first-order valence-corrected chi connectivity index (χ1v) is 14.2. The van der Waals surface area contributed by atoms with E-state index in [1.54, 1.807) is 0 Å². The average molecular weight is 536 g/mol. The maximum Gasteiger partial charge on any atom is 0.165 e. The highest BCUT2D eigenvalue weighted by Gasteiger charge is 2.22. The zero-order valence-corrected chi connectivity index (χ0v) is 22.4. The molecule has 4 heteroatoms. The van der Waals surface area contributed by atoms with E-state index in [9.17, 15) is 0 Å². The van der Waals surface area contributed by atoms with Gasteiger partial charge >= 0.3 is 0 Å². The second-order valence-corrected chi connectivity index (χ2v) is 11.0. The van der Waals surface area contributed by atoms with Gasteiger partial charge in [0.15, 0.2) is 5.65 Å². The van der Waals surface area contributed by atoms with Crippen molar-refractivity contribution in [2.75, 3.05) is 0 Å². The molecule has 10 aromatic rings. The highest BCUT2D eigenvalue weighted by Crippen LogP contribution is 2.43. The summed E-state index contributed by atoms with van der Waals surface area (Å²) >= 11 is 0. The van der Waals surface area contributed by atoms with Crippen molar-refractivity contribution in [1.29, 1.82) is 0 Å². The Labute approximate surface area is 239 Å². The predicted molar refractivity (Wildman–Crippen MR) is 172 cm³/mol. The Morgan fingerprint density at radius 3 is 2.05 bits per heavy atom. The molecular weight excluding hydrogens is 514 g/mol. The van der Waals surface area contributed by atoms with Gasteiger partial charge in [0, 0.05) is 26.9 Å². The maximum absolute atomic E-state index is 6.13. The van der Waals surface area contributed by atoms with Gasteiger partial charge in [0.2, 0.25) is 0 Å². The van der Waals surface area contributed by atoms with Crippen LogP contribution in [0, 0.1) is 0 Å². The van der Waals surface area contributed by atoms with Crippen LogP contribution >= 0.6 is 0 Å². The van der Waals surface area contributed by atoms with E-state index in [-0.39, 0.29) is 0 Å². The number of hydrogen-bond acceptors (Lipinski definition) is 3. The zero-order chi connectivity index (χ0) is 27.4. The fourth-order valence-electron chi connectivity index (χ4n) is 6.76. The SMILES string of the molecule is c1ccc(-c2ccc3c4cc(-c5ccc6oc7ccccc7c6c5)cc5c6nc7ccccc7nc6n(c3c2)c45)cc1. The third-order valence-electron chi connectivity index (χ3n) is 8.70. The lowest BCUT2D eigenvalue weighted by atomic mass is 9.98. The summed E-state index contributed by atoms with van der Waals surface area (Å²) in [7, 11) is 0. The van der Waals surface area contributed by atoms with Crippen molar-refractivity contribution >= 4 is 71.3 Å². The first kappa shape index (κ1) is 22.0. The van der Waals surface area contributed by atoms with Gasteiger partial charge in [0.1, 0.15) is 16.7 Å². The predicted octanol–water partition coefficient (Wildman–Crippen LogP) is 10.0. The molecule has 0 atom stereocenters. The minimum Gasteiger partial charge on any atom is -0.456 e. The molecule has 4 aromatic heterocycles.